The molecule has 1 saturated heterocycles. The second-order valence-electron chi connectivity index (χ2n) is 9.26. The molecule has 194 valence electrons. The van der Waals surface area contributed by atoms with Crippen LogP contribution in [0.2, 0.25) is 5.02 Å². The van der Waals surface area contributed by atoms with Crippen molar-refractivity contribution in [1.82, 2.24) is 34.2 Å². The minimum absolute atomic E-state index is 0.0739. The van der Waals surface area contributed by atoms with Gasteiger partial charge in [-0.15, -0.1) is 0 Å². The van der Waals surface area contributed by atoms with E-state index in [4.69, 9.17) is 11.6 Å². The number of carbonyl (C=O) groups is 1. The number of amides is 1. The molecule has 0 bridgehead atoms. The maximum absolute atomic E-state index is 13.8. The van der Waals surface area contributed by atoms with Crippen LogP contribution < -0.4 is 16.6 Å². The Bertz CT molecular complexity index is 1600. The molecule has 5 rings (SSSR count). The normalized spacial score (nSPS) is 16.4. The van der Waals surface area contributed by atoms with Gasteiger partial charge in [0.15, 0.2) is 5.65 Å². The molecule has 4 aromatic rings. The van der Waals surface area contributed by atoms with E-state index in [1.807, 2.05) is 13.8 Å². The second kappa shape index (κ2) is 9.97. The number of aromatic nitrogens is 6. The van der Waals surface area contributed by atoms with Crippen molar-refractivity contribution >= 4 is 28.7 Å². The summed E-state index contributed by atoms with van der Waals surface area (Å²) in [7, 11) is 0. The highest BCUT2D eigenvalue weighted by molar-refractivity contribution is 6.31. The zero-order chi connectivity index (χ0) is 26.3. The van der Waals surface area contributed by atoms with Crippen LogP contribution in [0, 0.1) is 11.7 Å². The second-order valence-corrected chi connectivity index (χ2v) is 9.67. The Kier molecular flexibility index (Phi) is 6.72. The van der Waals surface area contributed by atoms with Gasteiger partial charge in [0, 0.05) is 43.2 Å². The Balaban J connectivity index is 1.61. The number of imidazole rings is 1. The summed E-state index contributed by atoms with van der Waals surface area (Å²) >= 11 is 6.41. The standard InChI is InChI=1S/C25H27ClFN7O3/c1-3-7-32-23-20(24(36)33(8-4-2)25(32)37)30-22(31-23)15-12-29-34(13-15)21(14-9-19(35)28-11-14)17-6-5-16(27)10-18(17)26/h5-6,10,12-14,21H,3-4,7-9,11H2,1-2H3,(H,28,35)(H,30,31). The lowest BCUT2D eigenvalue weighted by Crippen LogP contribution is -2.40. The zero-order valence-electron chi connectivity index (χ0n) is 20.5. The quantitative estimate of drug-likeness (QED) is 0.365. The molecule has 2 N–H and O–H groups in total. The number of benzene rings is 1. The molecule has 12 heteroatoms. The lowest BCUT2D eigenvalue weighted by Gasteiger charge is -2.24. The van der Waals surface area contributed by atoms with Gasteiger partial charge in [-0.3, -0.25) is 23.4 Å². The number of carbonyl (C=O) groups excluding carboxylic acids is 1. The van der Waals surface area contributed by atoms with Crippen LogP contribution in [-0.2, 0) is 17.9 Å². The summed E-state index contributed by atoms with van der Waals surface area (Å²) in [5.74, 6) is -0.296. The van der Waals surface area contributed by atoms with Crippen molar-refractivity contribution in [3.63, 3.8) is 0 Å². The molecule has 0 spiro atoms. The van der Waals surface area contributed by atoms with Crippen LogP contribution in [0.4, 0.5) is 4.39 Å². The smallest absolute Gasteiger partial charge is 0.332 e. The highest BCUT2D eigenvalue weighted by atomic mass is 35.5. The summed E-state index contributed by atoms with van der Waals surface area (Å²) in [6, 6.07) is 3.74. The number of rotatable bonds is 8. The molecular formula is C25H27ClFN7O3. The van der Waals surface area contributed by atoms with E-state index in [2.05, 4.69) is 20.4 Å². The first kappa shape index (κ1) is 24.9. The van der Waals surface area contributed by atoms with Crippen molar-refractivity contribution in [2.75, 3.05) is 6.54 Å². The number of nitrogens with zero attached hydrogens (tertiary/aromatic N) is 5. The first-order valence-corrected chi connectivity index (χ1v) is 12.7. The molecular weight excluding hydrogens is 501 g/mol. The largest absolute Gasteiger partial charge is 0.356 e. The first-order valence-electron chi connectivity index (χ1n) is 12.3. The SMILES string of the molecule is CCCn1c(=O)c2[nH]c(-c3cnn(C(c4ccc(F)cc4Cl)C4CNC(=O)C4)c3)nc2n(CCC)c1=O. The van der Waals surface area contributed by atoms with E-state index in [0.29, 0.717) is 55.1 Å². The van der Waals surface area contributed by atoms with E-state index >= 15 is 0 Å². The highest BCUT2D eigenvalue weighted by Crippen LogP contribution is 2.36. The Morgan fingerprint density at radius 3 is 2.59 bits per heavy atom. The number of hydrogen-bond acceptors (Lipinski definition) is 5. The van der Waals surface area contributed by atoms with E-state index in [1.54, 1.807) is 23.1 Å². The van der Waals surface area contributed by atoms with Crippen molar-refractivity contribution in [1.29, 1.82) is 0 Å². The van der Waals surface area contributed by atoms with Crippen molar-refractivity contribution in [3.8, 4) is 11.4 Å². The van der Waals surface area contributed by atoms with Crippen molar-refractivity contribution in [2.24, 2.45) is 5.92 Å². The Hall–Kier alpha value is -3.73. The van der Waals surface area contributed by atoms with Gasteiger partial charge in [-0.05, 0) is 30.5 Å². The van der Waals surface area contributed by atoms with E-state index < -0.39 is 17.4 Å². The fourth-order valence-electron chi connectivity index (χ4n) is 4.97. The van der Waals surface area contributed by atoms with Crippen LogP contribution in [0.15, 0.2) is 40.2 Å². The minimum atomic E-state index is -0.455. The number of hydrogen-bond donors (Lipinski definition) is 2. The van der Waals surface area contributed by atoms with Crippen LogP contribution in [0.1, 0.15) is 44.7 Å². The van der Waals surface area contributed by atoms with Gasteiger partial charge in [-0.2, -0.15) is 5.10 Å². The van der Waals surface area contributed by atoms with Crippen LogP contribution in [0.25, 0.3) is 22.6 Å². The third kappa shape index (κ3) is 4.48. The summed E-state index contributed by atoms with van der Waals surface area (Å²) in [5, 5.41) is 7.61. The number of H-pyrrole nitrogens is 1. The zero-order valence-corrected chi connectivity index (χ0v) is 21.3. The molecule has 2 atom stereocenters. The van der Waals surface area contributed by atoms with E-state index in [1.165, 1.54) is 21.3 Å². The maximum atomic E-state index is 13.8. The number of aryl methyl sites for hydroxylation is 1. The monoisotopic (exact) mass is 527 g/mol. The third-order valence-electron chi connectivity index (χ3n) is 6.65. The lowest BCUT2D eigenvalue weighted by atomic mass is 9.92. The van der Waals surface area contributed by atoms with E-state index in [0.717, 1.165) is 0 Å². The van der Waals surface area contributed by atoms with Gasteiger partial charge in [-0.1, -0.05) is 31.5 Å². The van der Waals surface area contributed by atoms with Crippen molar-refractivity contribution in [2.45, 2.75) is 52.2 Å². The molecule has 3 aromatic heterocycles. The fourth-order valence-corrected chi connectivity index (χ4v) is 5.25. The number of nitrogens with one attached hydrogen (secondary N) is 2. The molecule has 10 nitrogen and oxygen atoms in total. The van der Waals surface area contributed by atoms with Crippen LogP contribution in [0.5, 0.6) is 0 Å². The highest BCUT2D eigenvalue weighted by Gasteiger charge is 2.34. The number of fused-ring (bicyclic) bond motifs is 1. The molecule has 0 radical (unpaired) electrons. The molecule has 0 aliphatic carbocycles. The van der Waals surface area contributed by atoms with Gasteiger partial charge in [-0.25, -0.2) is 14.2 Å². The molecule has 0 saturated carbocycles. The number of halogens is 2. The summed E-state index contributed by atoms with van der Waals surface area (Å²) in [6.45, 7) is 5.03. The lowest BCUT2D eigenvalue weighted by molar-refractivity contribution is -0.119. The van der Waals surface area contributed by atoms with Crippen molar-refractivity contribution in [3.05, 3.63) is 67.8 Å². The van der Waals surface area contributed by atoms with Gasteiger partial charge < -0.3 is 10.3 Å². The molecule has 1 amide bonds. The predicted molar refractivity (Wildman–Crippen MR) is 137 cm³/mol. The average Bonchev–Trinajstić information content (AvgIpc) is 3.61. The molecule has 37 heavy (non-hydrogen) atoms. The molecule has 4 heterocycles. The van der Waals surface area contributed by atoms with Gasteiger partial charge in [0.2, 0.25) is 5.91 Å². The predicted octanol–water partition coefficient (Wildman–Crippen LogP) is 3.09. The summed E-state index contributed by atoms with van der Waals surface area (Å²) in [4.78, 5) is 45.8. The van der Waals surface area contributed by atoms with E-state index in [-0.39, 0.29) is 34.5 Å². The summed E-state index contributed by atoms with van der Waals surface area (Å²) < 4.78 is 18.2. The van der Waals surface area contributed by atoms with Gasteiger partial charge in [0.25, 0.3) is 5.56 Å². The molecule has 1 aliphatic rings. The average molecular weight is 528 g/mol. The van der Waals surface area contributed by atoms with Crippen LogP contribution >= 0.6 is 11.6 Å². The summed E-state index contributed by atoms with van der Waals surface area (Å²) in [5.41, 5.74) is 1.01. The fraction of sp³-hybridized carbons (Fsp3) is 0.400. The molecule has 2 unspecified atom stereocenters. The third-order valence-corrected chi connectivity index (χ3v) is 6.98. The first-order chi connectivity index (χ1) is 17.8. The maximum Gasteiger partial charge on any atom is 0.332 e. The van der Waals surface area contributed by atoms with E-state index in [9.17, 15) is 18.8 Å². The Labute approximate surface area is 216 Å². The van der Waals surface area contributed by atoms with Crippen molar-refractivity contribution < 1.29 is 9.18 Å². The molecule has 1 fully saturated rings. The topological polar surface area (TPSA) is 120 Å². The number of aromatic amines is 1. The van der Waals surface area contributed by atoms with Crippen LogP contribution in [-0.4, -0.2) is 41.3 Å². The molecule has 1 aromatic carbocycles. The Morgan fingerprint density at radius 1 is 1.16 bits per heavy atom. The minimum Gasteiger partial charge on any atom is -0.356 e. The van der Waals surface area contributed by atoms with Gasteiger partial charge in [0.05, 0.1) is 17.8 Å². The molecule has 1 aliphatic heterocycles. The van der Waals surface area contributed by atoms with Gasteiger partial charge >= 0.3 is 5.69 Å². The Morgan fingerprint density at radius 2 is 1.92 bits per heavy atom. The van der Waals surface area contributed by atoms with Gasteiger partial charge in [0.1, 0.15) is 17.2 Å². The summed E-state index contributed by atoms with van der Waals surface area (Å²) in [6.07, 6.45) is 4.97. The van der Waals surface area contributed by atoms with Crippen LogP contribution in [0.3, 0.4) is 0 Å².